The first-order chi connectivity index (χ1) is 9.47. The number of aromatic nitrogens is 2. The molecule has 0 radical (unpaired) electrons. The molecule has 2 aromatic rings. The van der Waals surface area contributed by atoms with Crippen molar-refractivity contribution in [3.8, 4) is 0 Å². The highest BCUT2D eigenvalue weighted by atomic mass is 35.5. The molecule has 2 rings (SSSR count). The summed E-state index contributed by atoms with van der Waals surface area (Å²) in [4.78, 5) is 4.48. The van der Waals surface area contributed by atoms with Gasteiger partial charge in [0.05, 0.1) is 16.9 Å². The first-order valence-corrected chi connectivity index (χ1v) is 7.74. The van der Waals surface area contributed by atoms with Gasteiger partial charge in [-0.2, -0.15) is 0 Å². The Balaban J connectivity index is 2.52. The molecule has 0 bridgehead atoms. The fraction of sp³-hybridized carbons (Fsp3) is 0.562. The van der Waals surface area contributed by atoms with Gasteiger partial charge in [-0.1, -0.05) is 20.3 Å². The fourth-order valence-electron chi connectivity index (χ4n) is 2.71. The molecular formula is C16H22ClFN2. The van der Waals surface area contributed by atoms with Crippen LogP contribution in [0.1, 0.15) is 51.0 Å². The fourth-order valence-corrected chi connectivity index (χ4v) is 2.90. The predicted molar refractivity (Wildman–Crippen MR) is 82.8 cm³/mol. The number of alkyl halides is 1. The van der Waals surface area contributed by atoms with Gasteiger partial charge in [-0.05, 0) is 37.8 Å². The van der Waals surface area contributed by atoms with E-state index < -0.39 is 0 Å². The first kappa shape index (κ1) is 15.3. The Hall–Kier alpha value is -1.09. The summed E-state index contributed by atoms with van der Waals surface area (Å²) in [5.41, 5.74) is 2.32. The van der Waals surface area contributed by atoms with E-state index in [1.165, 1.54) is 6.07 Å². The molecule has 2 nitrogen and oxygen atoms in total. The molecule has 0 fully saturated rings. The molecule has 20 heavy (non-hydrogen) atoms. The zero-order valence-electron chi connectivity index (χ0n) is 12.6. The molecule has 2 atom stereocenters. The van der Waals surface area contributed by atoms with E-state index in [0.29, 0.717) is 28.9 Å². The van der Waals surface area contributed by atoms with Crippen LogP contribution in [0.5, 0.6) is 0 Å². The van der Waals surface area contributed by atoms with Crippen molar-refractivity contribution in [3.05, 3.63) is 29.3 Å². The quantitative estimate of drug-likeness (QED) is 0.692. The van der Waals surface area contributed by atoms with Crippen molar-refractivity contribution in [2.24, 2.45) is 5.92 Å². The van der Waals surface area contributed by atoms with Crippen molar-refractivity contribution < 1.29 is 4.39 Å². The summed E-state index contributed by atoms with van der Waals surface area (Å²) in [7, 11) is 0. The first-order valence-electron chi connectivity index (χ1n) is 7.20. The Morgan fingerprint density at radius 2 is 2.05 bits per heavy atom. The van der Waals surface area contributed by atoms with Crippen LogP contribution in [-0.4, -0.2) is 9.55 Å². The smallest absolute Gasteiger partial charge is 0.128 e. The number of fused-ring (bicyclic) bond motifs is 1. The lowest BCUT2D eigenvalue weighted by Gasteiger charge is -2.20. The highest BCUT2D eigenvalue weighted by Crippen LogP contribution is 2.28. The molecule has 0 aliphatic carbocycles. The predicted octanol–water partition coefficient (Wildman–Crippen LogP) is 5.22. The molecule has 1 heterocycles. The molecule has 0 saturated carbocycles. The van der Waals surface area contributed by atoms with E-state index in [0.717, 1.165) is 24.2 Å². The third-order valence-electron chi connectivity index (χ3n) is 4.04. The number of hydrogen-bond acceptors (Lipinski definition) is 1. The van der Waals surface area contributed by atoms with E-state index in [1.54, 1.807) is 6.92 Å². The van der Waals surface area contributed by atoms with E-state index in [4.69, 9.17) is 11.6 Å². The third-order valence-corrected chi connectivity index (χ3v) is 4.28. The third kappa shape index (κ3) is 2.83. The van der Waals surface area contributed by atoms with Gasteiger partial charge in [0.25, 0.3) is 0 Å². The van der Waals surface area contributed by atoms with Gasteiger partial charge in [0.1, 0.15) is 11.6 Å². The molecule has 110 valence electrons. The largest absolute Gasteiger partial charge is 0.324 e. The van der Waals surface area contributed by atoms with Crippen molar-refractivity contribution in [1.29, 1.82) is 0 Å². The molecule has 4 heteroatoms. The van der Waals surface area contributed by atoms with Crippen molar-refractivity contribution in [1.82, 2.24) is 9.55 Å². The maximum Gasteiger partial charge on any atom is 0.128 e. The van der Waals surface area contributed by atoms with Gasteiger partial charge in [-0.25, -0.2) is 9.37 Å². The Bertz CT molecular complexity index is 606. The maximum absolute atomic E-state index is 13.7. The maximum atomic E-state index is 13.7. The summed E-state index contributed by atoms with van der Waals surface area (Å²) in [5, 5.41) is 0. The average Bonchev–Trinajstić information content (AvgIpc) is 2.76. The summed E-state index contributed by atoms with van der Waals surface area (Å²) in [6.45, 7) is 8.42. The molecule has 0 aliphatic heterocycles. The number of aryl methyl sites for hydroxylation is 1. The van der Waals surface area contributed by atoms with Crippen LogP contribution in [0.25, 0.3) is 11.0 Å². The van der Waals surface area contributed by atoms with Crippen molar-refractivity contribution >= 4 is 22.6 Å². The summed E-state index contributed by atoms with van der Waals surface area (Å²) in [6.07, 6.45) is 2.23. The van der Waals surface area contributed by atoms with Gasteiger partial charge in [0, 0.05) is 12.1 Å². The van der Waals surface area contributed by atoms with E-state index in [-0.39, 0.29) is 5.82 Å². The molecule has 0 saturated heterocycles. The molecule has 1 aromatic heterocycles. The lowest BCUT2D eigenvalue weighted by atomic mass is 10.00. The van der Waals surface area contributed by atoms with Gasteiger partial charge >= 0.3 is 0 Å². The second kappa shape index (κ2) is 6.13. The van der Waals surface area contributed by atoms with E-state index in [1.807, 2.05) is 6.07 Å². The van der Waals surface area contributed by atoms with Crippen LogP contribution in [0.3, 0.4) is 0 Å². The number of nitrogens with zero attached hydrogens (tertiary/aromatic N) is 2. The lowest BCUT2D eigenvalue weighted by molar-refractivity contribution is 0.399. The number of imidazole rings is 1. The summed E-state index contributed by atoms with van der Waals surface area (Å²) < 4.78 is 15.8. The lowest BCUT2D eigenvalue weighted by Crippen LogP contribution is -2.12. The molecule has 0 amide bonds. The van der Waals surface area contributed by atoms with Crippen LogP contribution < -0.4 is 0 Å². The normalized spacial score (nSPS) is 14.7. The van der Waals surface area contributed by atoms with Crippen LogP contribution in [0, 0.1) is 18.7 Å². The SMILES string of the molecule is CCC(C)CC(C)n1c(CCl)nc2cc(F)c(C)cc21. The van der Waals surface area contributed by atoms with Crippen LogP contribution in [-0.2, 0) is 5.88 Å². The zero-order valence-corrected chi connectivity index (χ0v) is 13.3. The Morgan fingerprint density at radius 3 is 2.65 bits per heavy atom. The summed E-state index contributed by atoms with van der Waals surface area (Å²) in [6, 6.07) is 3.70. The van der Waals surface area contributed by atoms with Gasteiger partial charge in [0.15, 0.2) is 0 Å². The zero-order chi connectivity index (χ0) is 14.9. The number of hydrogen-bond donors (Lipinski definition) is 0. The van der Waals surface area contributed by atoms with Gasteiger partial charge in [-0.15, -0.1) is 11.6 Å². The topological polar surface area (TPSA) is 17.8 Å². The molecule has 0 spiro atoms. The Kier molecular flexibility index (Phi) is 4.69. The highest BCUT2D eigenvalue weighted by Gasteiger charge is 2.18. The van der Waals surface area contributed by atoms with Crippen LogP contribution in [0.2, 0.25) is 0 Å². The minimum Gasteiger partial charge on any atom is -0.324 e. The van der Waals surface area contributed by atoms with Gasteiger partial charge in [0.2, 0.25) is 0 Å². The summed E-state index contributed by atoms with van der Waals surface area (Å²) >= 11 is 6.02. The average molecular weight is 297 g/mol. The number of benzene rings is 1. The van der Waals surface area contributed by atoms with E-state index in [2.05, 4.69) is 30.3 Å². The number of halogens is 2. The Labute approximate surface area is 125 Å². The van der Waals surface area contributed by atoms with Crippen molar-refractivity contribution in [2.75, 3.05) is 0 Å². The molecule has 2 unspecified atom stereocenters. The molecule has 0 aliphatic rings. The number of rotatable bonds is 5. The van der Waals surface area contributed by atoms with Gasteiger partial charge < -0.3 is 4.57 Å². The summed E-state index contributed by atoms with van der Waals surface area (Å²) in [5.74, 6) is 1.60. The van der Waals surface area contributed by atoms with Crippen LogP contribution in [0.4, 0.5) is 4.39 Å². The van der Waals surface area contributed by atoms with Gasteiger partial charge in [-0.3, -0.25) is 0 Å². The minimum absolute atomic E-state index is 0.210. The van der Waals surface area contributed by atoms with E-state index in [9.17, 15) is 4.39 Å². The monoisotopic (exact) mass is 296 g/mol. The second-order valence-electron chi connectivity index (χ2n) is 5.72. The van der Waals surface area contributed by atoms with E-state index >= 15 is 0 Å². The van der Waals surface area contributed by atoms with Crippen molar-refractivity contribution in [3.63, 3.8) is 0 Å². The van der Waals surface area contributed by atoms with Crippen LogP contribution >= 0.6 is 11.6 Å². The second-order valence-corrected chi connectivity index (χ2v) is 5.99. The standard InChI is InChI=1S/C16H22ClFN2/c1-5-10(2)6-12(4)20-15-7-11(3)13(18)8-14(15)19-16(20)9-17/h7-8,10,12H,5-6,9H2,1-4H3. The highest BCUT2D eigenvalue weighted by molar-refractivity contribution is 6.16. The molecule has 0 N–H and O–H groups in total. The molecular weight excluding hydrogens is 275 g/mol. The minimum atomic E-state index is -0.210. The van der Waals surface area contributed by atoms with Crippen LogP contribution in [0.15, 0.2) is 12.1 Å². The molecule has 1 aromatic carbocycles. The van der Waals surface area contributed by atoms with Crippen molar-refractivity contribution in [2.45, 2.75) is 52.5 Å². The Morgan fingerprint density at radius 1 is 1.35 bits per heavy atom.